The van der Waals surface area contributed by atoms with Gasteiger partial charge in [-0.05, 0) is 37.9 Å². The molecule has 0 saturated carbocycles. The van der Waals surface area contributed by atoms with E-state index in [-0.39, 0.29) is 11.7 Å². The minimum absolute atomic E-state index is 0.0112. The van der Waals surface area contributed by atoms with Crippen LogP contribution in [-0.4, -0.2) is 18.2 Å². The summed E-state index contributed by atoms with van der Waals surface area (Å²) in [4.78, 5) is 22.9. The standard InChI is InChI=1S/C14H20N2O2/c1-10(9-15)6-7-14(18)16-13-5-3-4-12(8-13)11(2)17/h3-5,8,10H,6-7,9,15H2,1-2H3,(H,16,18). The third kappa shape index (κ3) is 4.67. The van der Waals surface area contributed by atoms with Gasteiger partial charge in [-0.1, -0.05) is 19.1 Å². The van der Waals surface area contributed by atoms with Crippen molar-refractivity contribution in [1.29, 1.82) is 0 Å². The van der Waals surface area contributed by atoms with Gasteiger partial charge in [0.2, 0.25) is 5.91 Å². The van der Waals surface area contributed by atoms with Gasteiger partial charge in [0.25, 0.3) is 0 Å². The van der Waals surface area contributed by atoms with Crippen LogP contribution in [-0.2, 0) is 4.79 Å². The molecule has 1 amide bonds. The molecule has 1 rings (SSSR count). The number of anilines is 1. The zero-order valence-corrected chi connectivity index (χ0v) is 10.9. The number of ketones is 1. The van der Waals surface area contributed by atoms with Gasteiger partial charge >= 0.3 is 0 Å². The molecule has 0 spiro atoms. The Morgan fingerprint density at radius 3 is 2.72 bits per heavy atom. The van der Waals surface area contributed by atoms with Crippen molar-refractivity contribution in [1.82, 2.24) is 0 Å². The average Bonchev–Trinajstić information content (AvgIpc) is 2.36. The third-order valence-electron chi connectivity index (χ3n) is 2.82. The van der Waals surface area contributed by atoms with E-state index in [1.165, 1.54) is 6.92 Å². The molecule has 4 nitrogen and oxygen atoms in total. The molecule has 1 aromatic carbocycles. The zero-order valence-electron chi connectivity index (χ0n) is 10.9. The zero-order chi connectivity index (χ0) is 13.5. The van der Waals surface area contributed by atoms with Gasteiger partial charge in [-0.3, -0.25) is 9.59 Å². The molecule has 3 N–H and O–H groups in total. The second-order valence-electron chi connectivity index (χ2n) is 4.56. The number of nitrogens with two attached hydrogens (primary N) is 1. The predicted molar refractivity (Wildman–Crippen MR) is 72.5 cm³/mol. The van der Waals surface area contributed by atoms with E-state index >= 15 is 0 Å². The molecule has 0 fully saturated rings. The summed E-state index contributed by atoms with van der Waals surface area (Å²) in [7, 11) is 0. The van der Waals surface area contributed by atoms with Gasteiger partial charge < -0.3 is 11.1 Å². The molecule has 0 aliphatic rings. The fourth-order valence-corrected chi connectivity index (χ4v) is 1.53. The summed E-state index contributed by atoms with van der Waals surface area (Å²) in [5.74, 6) is 0.290. The lowest BCUT2D eigenvalue weighted by atomic mass is 10.1. The summed E-state index contributed by atoms with van der Waals surface area (Å²) < 4.78 is 0. The van der Waals surface area contributed by atoms with Crippen LogP contribution in [0.25, 0.3) is 0 Å². The molecule has 0 aliphatic heterocycles. The van der Waals surface area contributed by atoms with Crippen LogP contribution in [0.2, 0.25) is 0 Å². The first-order valence-electron chi connectivity index (χ1n) is 6.14. The number of carbonyl (C=O) groups is 2. The number of benzene rings is 1. The van der Waals surface area contributed by atoms with Crippen molar-refractivity contribution < 1.29 is 9.59 Å². The normalized spacial score (nSPS) is 11.9. The highest BCUT2D eigenvalue weighted by molar-refractivity contribution is 5.97. The van der Waals surface area contributed by atoms with Crippen molar-refractivity contribution in [2.75, 3.05) is 11.9 Å². The van der Waals surface area contributed by atoms with Crippen LogP contribution in [0.15, 0.2) is 24.3 Å². The van der Waals surface area contributed by atoms with Gasteiger partial charge in [-0.15, -0.1) is 0 Å². The van der Waals surface area contributed by atoms with Gasteiger partial charge in [0.05, 0.1) is 0 Å². The number of rotatable bonds is 6. The maximum absolute atomic E-state index is 11.7. The van der Waals surface area contributed by atoms with Gasteiger partial charge in [0.1, 0.15) is 0 Å². The summed E-state index contributed by atoms with van der Waals surface area (Å²) >= 11 is 0. The lowest BCUT2D eigenvalue weighted by Crippen LogP contribution is -2.16. The summed E-state index contributed by atoms with van der Waals surface area (Å²) in [5, 5.41) is 2.78. The van der Waals surface area contributed by atoms with Crippen molar-refractivity contribution in [2.24, 2.45) is 11.7 Å². The topological polar surface area (TPSA) is 72.2 Å². The van der Waals surface area contributed by atoms with Crippen LogP contribution >= 0.6 is 0 Å². The molecule has 1 atom stereocenters. The van der Waals surface area contributed by atoms with Crippen LogP contribution in [0.4, 0.5) is 5.69 Å². The summed E-state index contributed by atoms with van der Waals surface area (Å²) in [6.45, 7) is 4.11. The van der Waals surface area contributed by atoms with E-state index in [4.69, 9.17) is 5.73 Å². The molecule has 98 valence electrons. The van der Waals surface area contributed by atoms with Crippen LogP contribution < -0.4 is 11.1 Å². The number of nitrogens with one attached hydrogen (secondary N) is 1. The molecule has 0 radical (unpaired) electrons. The lowest BCUT2D eigenvalue weighted by molar-refractivity contribution is -0.116. The Morgan fingerprint density at radius 2 is 2.11 bits per heavy atom. The lowest BCUT2D eigenvalue weighted by Gasteiger charge is -2.09. The largest absolute Gasteiger partial charge is 0.330 e. The Hall–Kier alpha value is -1.68. The molecular formula is C14H20N2O2. The van der Waals surface area contributed by atoms with Crippen molar-refractivity contribution in [3.8, 4) is 0 Å². The molecule has 0 aromatic heterocycles. The molecular weight excluding hydrogens is 228 g/mol. The minimum atomic E-state index is -0.0454. The number of hydrogen-bond donors (Lipinski definition) is 2. The highest BCUT2D eigenvalue weighted by Crippen LogP contribution is 2.12. The highest BCUT2D eigenvalue weighted by atomic mass is 16.1. The molecule has 1 aromatic rings. The van der Waals surface area contributed by atoms with E-state index in [2.05, 4.69) is 5.32 Å². The highest BCUT2D eigenvalue weighted by Gasteiger charge is 2.07. The van der Waals surface area contributed by atoms with E-state index in [1.54, 1.807) is 24.3 Å². The average molecular weight is 248 g/mol. The van der Waals surface area contributed by atoms with Gasteiger partial charge in [-0.2, -0.15) is 0 Å². The molecule has 4 heteroatoms. The maximum atomic E-state index is 11.7. The van der Waals surface area contributed by atoms with Crippen LogP contribution in [0.5, 0.6) is 0 Å². The molecule has 0 aliphatic carbocycles. The Labute approximate surface area is 108 Å². The van der Waals surface area contributed by atoms with E-state index in [0.29, 0.717) is 30.1 Å². The van der Waals surface area contributed by atoms with Crippen molar-refractivity contribution in [2.45, 2.75) is 26.7 Å². The monoisotopic (exact) mass is 248 g/mol. The third-order valence-corrected chi connectivity index (χ3v) is 2.82. The van der Waals surface area contributed by atoms with E-state index < -0.39 is 0 Å². The first-order valence-corrected chi connectivity index (χ1v) is 6.14. The Kier molecular flexibility index (Phi) is 5.52. The maximum Gasteiger partial charge on any atom is 0.224 e. The second kappa shape index (κ2) is 6.91. The van der Waals surface area contributed by atoms with Gasteiger partial charge in [0, 0.05) is 17.7 Å². The molecule has 0 bridgehead atoms. The number of hydrogen-bond acceptors (Lipinski definition) is 3. The van der Waals surface area contributed by atoms with Crippen LogP contribution in [0.3, 0.4) is 0 Å². The first kappa shape index (κ1) is 14.4. The predicted octanol–water partition coefficient (Wildman–Crippen LogP) is 2.20. The number of Topliss-reactive ketones (excluding diaryl/α,β-unsaturated/α-hetero) is 1. The van der Waals surface area contributed by atoms with Crippen LogP contribution in [0, 0.1) is 5.92 Å². The van der Waals surface area contributed by atoms with E-state index in [9.17, 15) is 9.59 Å². The Bertz CT molecular complexity index is 430. The van der Waals surface area contributed by atoms with Crippen molar-refractivity contribution in [3.05, 3.63) is 29.8 Å². The molecule has 1 unspecified atom stereocenters. The fraction of sp³-hybridized carbons (Fsp3) is 0.429. The summed E-state index contributed by atoms with van der Waals surface area (Å²) in [6, 6.07) is 6.95. The SMILES string of the molecule is CC(=O)c1cccc(NC(=O)CCC(C)CN)c1. The Balaban J connectivity index is 2.54. The van der Waals surface area contributed by atoms with Crippen molar-refractivity contribution >= 4 is 17.4 Å². The van der Waals surface area contributed by atoms with Crippen LogP contribution in [0.1, 0.15) is 37.0 Å². The van der Waals surface area contributed by atoms with E-state index in [1.807, 2.05) is 6.92 Å². The second-order valence-corrected chi connectivity index (χ2v) is 4.56. The first-order chi connectivity index (χ1) is 8.52. The smallest absolute Gasteiger partial charge is 0.224 e. The van der Waals surface area contributed by atoms with Gasteiger partial charge in [0.15, 0.2) is 5.78 Å². The Morgan fingerprint density at radius 1 is 1.39 bits per heavy atom. The fourth-order valence-electron chi connectivity index (χ4n) is 1.53. The van der Waals surface area contributed by atoms with Gasteiger partial charge in [-0.25, -0.2) is 0 Å². The quantitative estimate of drug-likeness (QED) is 0.758. The molecule has 0 heterocycles. The number of carbonyl (C=O) groups excluding carboxylic acids is 2. The minimum Gasteiger partial charge on any atom is -0.330 e. The summed E-state index contributed by atoms with van der Waals surface area (Å²) in [5.41, 5.74) is 6.76. The molecule has 18 heavy (non-hydrogen) atoms. The number of amides is 1. The molecule has 0 saturated heterocycles. The summed E-state index contributed by atoms with van der Waals surface area (Å²) in [6.07, 6.45) is 1.22. The van der Waals surface area contributed by atoms with E-state index in [0.717, 1.165) is 6.42 Å². The van der Waals surface area contributed by atoms with Crippen molar-refractivity contribution in [3.63, 3.8) is 0 Å².